The number of carboxylic acid groups (broad SMARTS) is 1. The van der Waals surface area contributed by atoms with Crippen molar-refractivity contribution in [2.24, 2.45) is 0 Å². The minimum absolute atomic E-state index is 0.0469. The number of amides is 2. The molecule has 0 spiro atoms. The van der Waals surface area contributed by atoms with Crippen LogP contribution in [0.25, 0.3) is 0 Å². The normalized spacial score (nSPS) is 25.5. The second-order valence-corrected chi connectivity index (χ2v) is 6.18. The van der Waals surface area contributed by atoms with Gasteiger partial charge in [-0.2, -0.15) is 0 Å². The first-order valence-corrected chi connectivity index (χ1v) is 7.83. The van der Waals surface area contributed by atoms with Crippen LogP contribution in [0.4, 0.5) is 4.79 Å². The highest BCUT2D eigenvalue weighted by atomic mass is 32.2. The Kier molecular flexibility index (Phi) is 4.93. The van der Waals surface area contributed by atoms with Crippen LogP contribution in [0.3, 0.4) is 0 Å². The van der Waals surface area contributed by atoms with Crippen molar-refractivity contribution in [1.82, 2.24) is 15.1 Å². The van der Waals surface area contributed by atoms with E-state index >= 15 is 0 Å². The minimum Gasteiger partial charge on any atom is -0.480 e. The molecule has 6 nitrogen and oxygen atoms in total. The quantitative estimate of drug-likeness (QED) is 0.794. The zero-order valence-corrected chi connectivity index (χ0v) is 12.0. The second kappa shape index (κ2) is 6.47. The lowest BCUT2D eigenvalue weighted by Gasteiger charge is -2.26. The van der Waals surface area contributed by atoms with E-state index in [1.165, 1.54) is 29.5 Å². The highest BCUT2D eigenvalue weighted by molar-refractivity contribution is 7.99. The summed E-state index contributed by atoms with van der Waals surface area (Å²) in [6, 6.07) is -0.904. The number of carboxylic acids is 1. The van der Waals surface area contributed by atoms with Crippen LogP contribution in [-0.4, -0.2) is 70.3 Å². The van der Waals surface area contributed by atoms with Gasteiger partial charge in [0.2, 0.25) is 0 Å². The van der Waals surface area contributed by atoms with Crippen LogP contribution in [0.1, 0.15) is 19.8 Å². The number of hydrogen-bond acceptors (Lipinski definition) is 4. The lowest BCUT2D eigenvalue weighted by atomic mass is 10.3. The third-order valence-electron chi connectivity index (χ3n) is 3.53. The molecule has 108 valence electrons. The smallest absolute Gasteiger partial charge is 0.327 e. The van der Waals surface area contributed by atoms with Gasteiger partial charge >= 0.3 is 12.0 Å². The molecule has 2 N–H and O–H groups in total. The third kappa shape index (κ3) is 3.76. The van der Waals surface area contributed by atoms with E-state index in [0.717, 1.165) is 19.6 Å². The van der Waals surface area contributed by atoms with Gasteiger partial charge in [0, 0.05) is 18.3 Å². The number of urea groups is 1. The molecule has 0 radical (unpaired) electrons. The first kappa shape index (κ1) is 14.5. The number of nitrogens with one attached hydrogen (secondary N) is 1. The van der Waals surface area contributed by atoms with Crippen molar-refractivity contribution < 1.29 is 14.7 Å². The molecule has 0 aromatic rings. The molecule has 0 aliphatic carbocycles. The van der Waals surface area contributed by atoms with E-state index < -0.39 is 12.0 Å². The summed E-state index contributed by atoms with van der Waals surface area (Å²) in [6.45, 7) is 4.99. The van der Waals surface area contributed by atoms with Crippen molar-refractivity contribution in [3.63, 3.8) is 0 Å². The Hall–Kier alpha value is -0.950. The van der Waals surface area contributed by atoms with Gasteiger partial charge in [0.1, 0.15) is 6.04 Å². The number of rotatable bonds is 4. The monoisotopic (exact) mass is 287 g/mol. The average molecular weight is 287 g/mol. The number of likely N-dealkylation sites (tertiary alicyclic amines) is 1. The standard InChI is InChI=1S/C12H21N3O3S/c1-9(6-14-4-2-3-5-14)13-12(18)15-8-19-7-10(15)11(16)17/h9-10H,2-8H2,1H3,(H,13,18)(H,16,17)/t9?,10-/m0/s1. The molecule has 1 unspecified atom stereocenters. The lowest BCUT2D eigenvalue weighted by molar-refractivity contribution is -0.140. The van der Waals surface area contributed by atoms with E-state index in [-0.39, 0.29) is 12.1 Å². The van der Waals surface area contributed by atoms with Gasteiger partial charge < -0.3 is 20.2 Å². The summed E-state index contributed by atoms with van der Waals surface area (Å²) in [5, 5.41) is 12.0. The number of carbonyl (C=O) groups excluding carboxylic acids is 1. The fraction of sp³-hybridized carbons (Fsp3) is 0.833. The molecule has 2 amide bonds. The van der Waals surface area contributed by atoms with E-state index in [1.807, 2.05) is 6.92 Å². The van der Waals surface area contributed by atoms with Gasteiger partial charge in [-0.15, -0.1) is 11.8 Å². The van der Waals surface area contributed by atoms with Crippen LogP contribution in [0.5, 0.6) is 0 Å². The molecular weight excluding hydrogens is 266 g/mol. The molecule has 2 atom stereocenters. The maximum atomic E-state index is 12.1. The molecule has 2 saturated heterocycles. The number of carbonyl (C=O) groups is 2. The minimum atomic E-state index is -0.924. The summed E-state index contributed by atoms with van der Waals surface area (Å²) in [5.41, 5.74) is 0. The fourth-order valence-electron chi connectivity index (χ4n) is 2.54. The Bertz CT molecular complexity index is 347. The van der Waals surface area contributed by atoms with Crippen molar-refractivity contribution in [2.75, 3.05) is 31.3 Å². The summed E-state index contributed by atoms with van der Waals surface area (Å²) in [4.78, 5) is 26.8. The van der Waals surface area contributed by atoms with E-state index in [4.69, 9.17) is 5.11 Å². The van der Waals surface area contributed by atoms with Crippen LogP contribution in [0, 0.1) is 0 Å². The molecule has 2 heterocycles. The number of nitrogens with zero attached hydrogens (tertiary/aromatic N) is 2. The summed E-state index contributed by atoms with van der Waals surface area (Å²) < 4.78 is 0. The van der Waals surface area contributed by atoms with Crippen molar-refractivity contribution in [3.8, 4) is 0 Å². The van der Waals surface area contributed by atoms with Gasteiger partial charge in [0.15, 0.2) is 0 Å². The third-order valence-corrected chi connectivity index (χ3v) is 4.54. The van der Waals surface area contributed by atoms with Crippen molar-refractivity contribution in [1.29, 1.82) is 0 Å². The van der Waals surface area contributed by atoms with Gasteiger partial charge in [-0.25, -0.2) is 9.59 Å². The first-order chi connectivity index (χ1) is 9.08. The molecule has 0 aromatic carbocycles. The number of thioether (sulfide) groups is 1. The predicted octanol–water partition coefficient (Wildman–Crippen LogP) is 0.640. The van der Waals surface area contributed by atoms with Crippen LogP contribution in [-0.2, 0) is 4.79 Å². The summed E-state index contributed by atoms with van der Waals surface area (Å²) in [6.07, 6.45) is 2.45. The van der Waals surface area contributed by atoms with Gasteiger partial charge in [0.05, 0.1) is 5.88 Å². The Balaban J connectivity index is 1.80. The summed E-state index contributed by atoms with van der Waals surface area (Å²) in [5.74, 6) is 0.00928. The van der Waals surface area contributed by atoms with E-state index in [1.54, 1.807) is 0 Å². The molecular formula is C12H21N3O3S. The molecule has 0 saturated carbocycles. The average Bonchev–Trinajstić information content (AvgIpc) is 2.97. The Morgan fingerprint density at radius 1 is 1.42 bits per heavy atom. The maximum Gasteiger partial charge on any atom is 0.327 e. The molecule has 2 aliphatic rings. The first-order valence-electron chi connectivity index (χ1n) is 6.68. The van der Waals surface area contributed by atoms with E-state index in [9.17, 15) is 9.59 Å². The Morgan fingerprint density at radius 2 is 2.11 bits per heavy atom. The van der Waals surface area contributed by atoms with Crippen LogP contribution in [0.15, 0.2) is 0 Å². The van der Waals surface area contributed by atoms with Crippen molar-refractivity contribution in [3.05, 3.63) is 0 Å². The van der Waals surface area contributed by atoms with Crippen molar-refractivity contribution in [2.45, 2.75) is 31.8 Å². The largest absolute Gasteiger partial charge is 0.480 e. The SMILES string of the molecule is CC(CN1CCCC1)NC(=O)N1CSC[C@H]1C(=O)O. The lowest BCUT2D eigenvalue weighted by Crippen LogP contribution is -2.51. The summed E-state index contributed by atoms with van der Waals surface area (Å²) >= 11 is 1.48. The Morgan fingerprint density at radius 3 is 2.74 bits per heavy atom. The van der Waals surface area contributed by atoms with E-state index in [2.05, 4.69) is 10.2 Å². The molecule has 7 heteroatoms. The Labute approximate surface area is 117 Å². The fourth-order valence-corrected chi connectivity index (χ4v) is 3.68. The molecule has 2 rings (SSSR count). The van der Waals surface area contributed by atoms with Crippen LogP contribution >= 0.6 is 11.8 Å². The molecule has 2 fully saturated rings. The molecule has 0 aromatic heterocycles. The maximum absolute atomic E-state index is 12.1. The van der Waals surface area contributed by atoms with Gasteiger partial charge in [-0.3, -0.25) is 0 Å². The second-order valence-electron chi connectivity index (χ2n) is 5.18. The van der Waals surface area contributed by atoms with Gasteiger partial charge in [-0.1, -0.05) is 0 Å². The zero-order chi connectivity index (χ0) is 13.8. The number of hydrogen-bond donors (Lipinski definition) is 2. The van der Waals surface area contributed by atoms with Crippen LogP contribution < -0.4 is 5.32 Å². The van der Waals surface area contributed by atoms with Gasteiger partial charge in [-0.05, 0) is 32.9 Å². The topological polar surface area (TPSA) is 72.9 Å². The van der Waals surface area contributed by atoms with Gasteiger partial charge in [0.25, 0.3) is 0 Å². The molecule has 0 bridgehead atoms. The zero-order valence-electron chi connectivity index (χ0n) is 11.2. The highest BCUT2D eigenvalue weighted by Gasteiger charge is 2.35. The molecule has 19 heavy (non-hydrogen) atoms. The highest BCUT2D eigenvalue weighted by Crippen LogP contribution is 2.21. The predicted molar refractivity (Wildman–Crippen MR) is 74.3 cm³/mol. The van der Waals surface area contributed by atoms with Crippen molar-refractivity contribution >= 4 is 23.8 Å². The van der Waals surface area contributed by atoms with Crippen LogP contribution in [0.2, 0.25) is 0 Å². The van der Waals surface area contributed by atoms with E-state index in [0.29, 0.717) is 11.6 Å². The summed E-state index contributed by atoms with van der Waals surface area (Å²) in [7, 11) is 0. The number of aliphatic carboxylic acids is 1. The molecule has 2 aliphatic heterocycles.